The van der Waals surface area contributed by atoms with Crippen LogP contribution in [0.3, 0.4) is 0 Å². The number of carboxylic acid groups (broad SMARTS) is 1. The highest BCUT2D eigenvalue weighted by Crippen LogP contribution is 2.15. The molecule has 0 amide bonds. The maximum absolute atomic E-state index is 12.6. The molecule has 0 heterocycles. The zero-order valence-corrected chi connectivity index (χ0v) is 35.9. The molecule has 0 radical (unpaired) electrons. The fourth-order valence-electron chi connectivity index (χ4n) is 6.66. The number of nitrogens with zero attached hydrogens (tertiary/aromatic N) is 1. The van der Waals surface area contributed by atoms with Crippen LogP contribution in [-0.4, -0.2) is 80.6 Å². The number of carbonyl (C=O) groups is 3. The largest absolute Gasteiger partial charge is 0.477 e. The molecule has 54 heavy (non-hydrogen) atoms. The van der Waals surface area contributed by atoms with Crippen molar-refractivity contribution in [1.29, 1.82) is 0 Å². The molecule has 0 spiro atoms. The van der Waals surface area contributed by atoms with E-state index in [4.69, 9.17) is 14.2 Å². The Morgan fingerprint density at radius 3 is 1.52 bits per heavy atom. The van der Waals surface area contributed by atoms with Gasteiger partial charge in [0.25, 0.3) is 0 Å². The van der Waals surface area contributed by atoms with Gasteiger partial charge in [0.05, 0.1) is 34.4 Å². The van der Waals surface area contributed by atoms with Crippen molar-refractivity contribution >= 4 is 17.9 Å². The van der Waals surface area contributed by atoms with Crippen LogP contribution in [0, 0.1) is 0 Å². The SMILES string of the molecule is CC/C=C/C/C=C/CCCCCCCCCCCCCCCCC(=O)OCC(COCCC(C(=O)O)[N+](C)(C)C)OC(=O)CCCCCCCCCCC. The van der Waals surface area contributed by atoms with Gasteiger partial charge in [-0.25, -0.2) is 4.79 Å². The Balaban J connectivity index is 4.16. The average molecular weight is 765 g/mol. The molecule has 0 aliphatic heterocycles. The molecular weight excluding hydrogens is 679 g/mol. The van der Waals surface area contributed by atoms with Gasteiger partial charge in [0.2, 0.25) is 0 Å². The number of ether oxygens (including phenoxy) is 3. The van der Waals surface area contributed by atoms with E-state index in [1.165, 1.54) is 116 Å². The maximum Gasteiger partial charge on any atom is 0.362 e. The van der Waals surface area contributed by atoms with Gasteiger partial charge in [-0.05, 0) is 38.5 Å². The van der Waals surface area contributed by atoms with E-state index in [0.717, 1.165) is 51.4 Å². The Bertz CT molecular complexity index is 942. The minimum absolute atomic E-state index is 0.0466. The number of hydrogen-bond donors (Lipinski definition) is 1. The second-order valence-electron chi connectivity index (χ2n) is 16.3. The Morgan fingerprint density at radius 2 is 1.04 bits per heavy atom. The lowest BCUT2D eigenvalue weighted by molar-refractivity contribution is -0.887. The summed E-state index contributed by atoms with van der Waals surface area (Å²) in [6.07, 6.45) is 40.9. The fourth-order valence-corrected chi connectivity index (χ4v) is 6.66. The van der Waals surface area contributed by atoms with Gasteiger partial charge in [-0.1, -0.05) is 167 Å². The molecule has 1 N–H and O–H groups in total. The lowest BCUT2D eigenvalue weighted by Gasteiger charge is -2.31. The first-order valence-corrected chi connectivity index (χ1v) is 22.4. The first-order chi connectivity index (χ1) is 26.1. The summed E-state index contributed by atoms with van der Waals surface area (Å²) in [6, 6.07) is -0.610. The summed E-state index contributed by atoms with van der Waals surface area (Å²) in [7, 11) is 5.53. The zero-order chi connectivity index (χ0) is 40.0. The quantitative estimate of drug-likeness (QED) is 0.0287. The number of hydrogen-bond acceptors (Lipinski definition) is 6. The molecule has 2 unspecified atom stereocenters. The van der Waals surface area contributed by atoms with Gasteiger partial charge in [0.1, 0.15) is 6.61 Å². The Morgan fingerprint density at radius 1 is 0.574 bits per heavy atom. The first kappa shape index (κ1) is 51.8. The predicted octanol–water partition coefficient (Wildman–Crippen LogP) is 12.1. The van der Waals surface area contributed by atoms with Crippen molar-refractivity contribution in [1.82, 2.24) is 0 Å². The number of likely N-dealkylation sites (N-methyl/N-ethyl adjacent to an activating group) is 1. The van der Waals surface area contributed by atoms with Gasteiger partial charge < -0.3 is 23.8 Å². The fraction of sp³-hybridized carbons (Fsp3) is 0.848. The smallest absolute Gasteiger partial charge is 0.362 e. The van der Waals surface area contributed by atoms with Gasteiger partial charge in [0, 0.05) is 19.3 Å². The third-order valence-corrected chi connectivity index (χ3v) is 10.1. The number of carboxylic acids is 1. The second kappa shape index (κ2) is 37.7. The Labute approximate surface area is 332 Å². The maximum atomic E-state index is 12.6. The number of allylic oxidation sites excluding steroid dienone is 4. The van der Waals surface area contributed by atoms with Crippen LogP contribution in [0.2, 0.25) is 0 Å². The van der Waals surface area contributed by atoms with Crippen molar-refractivity contribution in [2.75, 3.05) is 41.0 Å². The third kappa shape index (κ3) is 35.5. The molecular formula is C46H86NO7+. The van der Waals surface area contributed by atoms with Crippen LogP contribution in [0.5, 0.6) is 0 Å². The van der Waals surface area contributed by atoms with Crippen molar-refractivity contribution in [3.63, 3.8) is 0 Å². The minimum Gasteiger partial charge on any atom is -0.477 e. The number of esters is 2. The highest BCUT2D eigenvalue weighted by atomic mass is 16.6. The summed E-state index contributed by atoms with van der Waals surface area (Å²) >= 11 is 0. The molecule has 0 aliphatic carbocycles. The number of quaternary nitrogens is 1. The predicted molar refractivity (Wildman–Crippen MR) is 225 cm³/mol. The molecule has 8 heteroatoms. The normalized spacial score (nSPS) is 13.1. The number of carbonyl (C=O) groups excluding carboxylic acids is 2. The summed E-state index contributed by atoms with van der Waals surface area (Å²) in [5.74, 6) is -1.46. The highest BCUT2D eigenvalue weighted by molar-refractivity contribution is 5.72. The summed E-state index contributed by atoms with van der Waals surface area (Å²) < 4.78 is 17.2. The van der Waals surface area contributed by atoms with Crippen LogP contribution < -0.4 is 0 Å². The van der Waals surface area contributed by atoms with Gasteiger partial charge in [-0.3, -0.25) is 9.59 Å². The van der Waals surface area contributed by atoms with Gasteiger partial charge >= 0.3 is 17.9 Å². The Hall–Kier alpha value is -2.19. The average Bonchev–Trinajstić information content (AvgIpc) is 3.12. The molecule has 0 saturated heterocycles. The van der Waals surface area contributed by atoms with Gasteiger partial charge in [-0.15, -0.1) is 0 Å². The van der Waals surface area contributed by atoms with Crippen molar-refractivity contribution in [2.45, 2.75) is 212 Å². The summed E-state index contributed by atoms with van der Waals surface area (Å²) in [5.41, 5.74) is 0. The van der Waals surface area contributed by atoms with E-state index in [0.29, 0.717) is 19.3 Å². The minimum atomic E-state index is -0.874. The van der Waals surface area contributed by atoms with E-state index in [1.54, 1.807) is 0 Å². The monoisotopic (exact) mass is 765 g/mol. The highest BCUT2D eigenvalue weighted by Gasteiger charge is 2.31. The van der Waals surface area contributed by atoms with Crippen molar-refractivity contribution in [3.8, 4) is 0 Å². The van der Waals surface area contributed by atoms with Crippen LogP contribution in [0.15, 0.2) is 24.3 Å². The van der Waals surface area contributed by atoms with E-state index in [9.17, 15) is 19.5 Å². The van der Waals surface area contributed by atoms with E-state index in [-0.39, 0.29) is 36.2 Å². The Kier molecular flexibility index (Phi) is 36.2. The molecule has 0 bridgehead atoms. The lowest BCUT2D eigenvalue weighted by atomic mass is 10.0. The number of aliphatic carboxylic acids is 1. The van der Waals surface area contributed by atoms with Crippen LogP contribution >= 0.6 is 0 Å². The molecule has 0 aliphatic rings. The molecule has 0 fully saturated rings. The van der Waals surface area contributed by atoms with Crippen LogP contribution in [0.25, 0.3) is 0 Å². The molecule has 0 aromatic heterocycles. The molecule has 0 rings (SSSR count). The summed E-state index contributed by atoms with van der Waals surface area (Å²) in [5, 5.41) is 9.60. The van der Waals surface area contributed by atoms with Crippen LogP contribution in [0.1, 0.15) is 200 Å². The lowest BCUT2D eigenvalue weighted by Crippen LogP contribution is -2.50. The second-order valence-corrected chi connectivity index (χ2v) is 16.3. The zero-order valence-electron chi connectivity index (χ0n) is 35.9. The summed E-state index contributed by atoms with van der Waals surface area (Å²) in [6.45, 7) is 4.63. The van der Waals surface area contributed by atoms with Crippen molar-refractivity contribution in [2.24, 2.45) is 0 Å². The van der Waals surface area contributed by atoms with E-state index >= 15 is 0 Å². The van der Waals surface area contributed by atoms with Crippen molar-refractivity contribution < 1.29 is 38.2 Å². The third-order valence-electron chi connectivity index (χ3n) is 10.1. The molecule has 8 nitrogen and oxygen atoms in total. The van der Waals surface area contributed by atoms with Gasteiger partial charge in [0.15, 0.2) is 12.1 Å². The first-order valence-electron chi connectivity index (χ1n) is 22.4. The molecule has 316 valence electrons. The topological polar surface area (TPSA) is 99.1 Å². The molecule has 0 aromatic rings. The molecule has 2 atom stereocenters. The number of unbranched alkanes of at least 4 members (excludes halogenated alkanes) is 22. The van der Waals surface area contributed by atoms with Crippen LogP contribution in [0.4, 0.5) is 0 Å². The van der Waals surface area contributed by atoms with E-state index in [1.807, 2.05) is 21.1 Å². The van der Waals surface area contributed by atoms with Gasteiger partial charge in [-0.2, -0.15) is 0 Å². The number of rotatable bonds is 40. The summed E-state index contributed by atoms with van der Waals surface area (Å²) in [4.78, 5) is 36.9. The molecule has 0 saturated carbocycles. The standard InChI is InChI=1S/C46H85NO7/c1-6-8-10-12-14-16-17-18-19-20-21-22-23-24-25-26-27-29-30-32-34-36-44(48)53-41-42(40-52-39-38-43(46(50)51)47(3,4)5)54-45(49)37-35-33-31-28-15-13-11-9-7-2/h8,10,14,16,42-43H,6-7,9,11-13,15,17-41H2,1-5H3/p+1/b10-8+,16-14+. The van der Waals surface area contributed by atoms with E-state index < -0.39 is 18.1 Å². The molecule has 0 aromatic carbocycles. The van der Waals surface area contributed by atoms with E-state index in [2.05, 4.69) is 38.2 Å². The van der Waals surface area contributed by atoms with Crippen molar-refractivity contribution in [3.05, 3.63) is 24.3 Å². The van der Waals surface area contributed by atoms with Crippen LogP contribution in [-0.2, 0) is 28.6 Å².